The predicted octanol–water partition coefficient (Wildman–Crippen LogP) is 2.96. The Bertz CT molecular complexity index is 316. The maximum atomic E-state index is 4.72. The lowest BCUT2D eigenvalue weighted by Crippen LogP contribution is -2.41. The fraction of sp³-hybridized carbons (Fsp3) is 0.800. The van der Waals surface area contributed by atoms with Gasteiger partial charge >= 0.3 is 0 Å². The highest BCUT2D eigenvalue weighted by atomic mass is 28.1. The van der Waals surface area contributed by atoms with Crippen LogP contribution >= 0.6 is 0 Å². The van der Waals surface area contributed by atoms with Gasteiger partial charge in [0.1, 0.15) is 0 Å². The van der Waals surface area contributed by atoms with E-state index in [-0.39, 0.29) is 11.1 Å². The highest BCUT2D eigenvalue weighted by Gasteiger charge is 2.21. The van der Waals surface area contributed by atoms with Crippen molar-refractivity contribution < 1.29 is 0 Å². The van der Waals surface area contributed by atoms with Crippen LogP contribution in [0, 0.1) is 0 Å². The minimum Gasteiger partial charge on any atom is -0.374 e. The van der Waals surface area contributed by atoms with Gasteiger partial charge in [-0.3, -0.25) is 4.99 Å². The third-order valence-corrected chi connectivity index (χ3v) is 3.35. The van der Waals surface area contributed by atoms with Gasteiger partial charge in [0.05, 0.1) is 5.54 Å². The van der Waals surface area contributed by atoms with Crippen molar-refractivity contribution in [2.75, 3.05) is 6.17 Å². The van der Waals surface area contributed by atoms with Crippen LogP contribution in [0.2, 0.25) is 0 Å². The molecule has 18 heavy (non-hydrogen) atoms. The monoisotopic (exact) mass is 268 g/mol. The van der Waals surface area contributed by atoms with Crippen LogP contribution in [0.4, 0.5) is 0 Å². The van der Waals surface area contributed by atoms with Crippen molar-refractivity contribution in [2.24, 2.45) is 4.99 Å². The standard InChI is InChI=1S/C15H32N2Si/c1-9-13(17(11-18)15(6,7)8)10-12(2)16-14(3,4)5/h10H,9,11H2,1-8,18H3/b13-10-,16-12?. The summed E-state index contributed by atoms with van der Waals surface area (Å²) >= 11 is 0. The molecule has 0 amide bonds. The fourth-order valence-electron chi connectivity index (χ4n) is 2.28. The summed E-state index contributed by atoms with van der Waals surface area (Å²) in [5.41, 5.74) is 2.74. The van der Waals surface area contributed by atoms with E-state index in [2.05, 4.69) is 66.4 Å². The summed E-state index contributed by atoms with van der Waals surface area (Å²) in [6.07, 6.45) is 4.50. The van der Waals surface area contributed by atoms with Gasteiger partial charge < -0.3 is 4.90 Å². The fourth-order valence-corrected chi connectivity index (χ4v) is 3.64. The van der Waals surface area contributed by atoms with Crippen LogP contribution in [0.5, 0.6) is 0 Å². The largest absolute Gasteiger partial charge is 0.374 e. The number of hydrogen-bond acceptors (Lipinski definition) is 2. The van der Waals surface area contributed by atoms with Crippen molar-refractivity contribution in [3.8, 4) is 0 Å². The summed E-state index contributed by atoms with van der Waals surface area (Å²) in [6, 6.07) is 0. The van der Waals surface area contributed by atoms with Crippen LogP contribution in [0.15, 0.2) is 16.8 Å². The van der Waals surface area contributed by atoms with Crippen LogP contribution in [0.1, 0.15) is 61.8 Å². The maximum absolute atomic E-state index is 4.72. The van der Waals surface area contributed by atoms with Gasteiger partial charge in [0, 0.05) is 33.4 Å². The molecule has 0 aliphatic rings. The van der Waals surface area contributed by atoms with Gasteiger partial charge in [-0.05, 0) is 61.0 Å². The van der Waals surface area contributed by atoms with Gasteiger partial charge in [0.15, 0.2) is 0 Å². The summed E-state index contributed by atoms with van der Waals surface area (Å²) in [5.74, 6) is 0. The van der Waals surface area contributed by atoms with Crippen molar-refractivity contribution in [2.45, 2.75) is 72.9 Å². The van der Waals surface area contributed by atoms with Crippen molar-refractivity contribution in [3.63, 3.8) is 0 Å². The Hall–Kier alpha value is -0.573. The molecule has 0 spiro atoms. The number of aliphatic imine (C=N–C) groups is 1. The molecule has 0 unspecified atom stereocenters. The first-order valence-electron chi connectivity index (χ1n) is 7.06. The molecule has 0 radical (unpaired) electrons. The van der Waals surface area contributed by atoms with E-state index in [1.54, 1.807) is 0 Å². The minimum absolute atomic E-state index is 0.00691. The predicted molar refractivity (Wildman–Crippen MR) is 87.6 cm³/mol. The molecule has 0 rings (SSSR count). The SMILES string of the molecule is CC/C(=C/C(C)=NC(C)(C)C)N(C[SiH3])C(C)(C)C. The number of allylic oxidation sites excluding steroid dienone is 2. The maximum Gasteiger partial charge on any atom is 0.0527 e. The summed E-state index contributed by atoms with van der Waals surface area (Å²) in [4.78, 5) is 7.24. The number of rotatable bonds is 4. The van der Waals surface area contributed by atoms with Gasteiger partial charge in [-0.2, -0.15) is 0 Å². The lowest BCUT2D eigenvalue weighted by molar-refractivity contribution is 0.210. The highest BCUT2D eigenvalue weighted by molar-refractivity contribution is 6.09. The van der Waals surface area contributed by atoms with E-state index < -0.39 is 0 Å². The molecule has 0 aliphatic heterocycles. The molecule has 106 valence electrons. The Morgan fingerprint density at radius 1 is 1.17 bits per heavy atom. The second kappa shape index (κ2) is 6.55. The zero-order valence-corrected chi connectivity index (χ0v) is 15.9. The minimum atomic E-state index is 0.00691. The smallest absolute Gasteiger partial charge is 0.0527 e. The van der Waals surface area contributed by atoms with Gasteiger partial charge in [-0.15, -0.1) is 0 Å². The van der Waals surface area contributed by atoms with E-state index in [1.165, 1.54) is 22.1 Å². The molecule has 0 fully saturated rings. The molecule has 0 saturated carbocycles. The Labute approximate surface area is 117 Å². The highest BCUT2D eigenvalue weighted by Crippen LogP contribution is 2.21. The van der Waals surface area contributed by atoms with Crippen LogP contribution < -0.4 is 0 Å². The van der Waals surface area contributed by atoms with Gasteiger partial charge in [0.25, 0.3) is 0 Å². The molecule has 0 aliphatic carbocycles. The van der Waals surface area contributed by atoms with E-state index in [0.717, 1.165) is 12.1 Å². The average molecular weight is 269 g/mol. The molecule has 2 nitrogen and oxygen atoms in total. The lowest BCUT2D eigenvalue weighted by Gasteiger charge is -2.38. The molecule has 3 heteroatoms. The molecular formula is C15H32N2Si. The normalized spacial score (nSPS) is 15.1. The molecule has 0 heterocycles. The zero-order chi connectivity index (χ0) is 14.6. The first-order valence-corrected chi connectivity index (χ1v) is 8.47. The molecule has 0 aromatic rings. The average Bonchev–Trinajstić information content (AvgIpc) is 2.11. The molecule has 0 atom stereocenters. The van der Waals surface area contributed by atoms with E-state index in [9.17, 15) is 0 Å². The van der Waals surface area contributed by atoms with E-state index in [1.807, 2.05) is 0 Å². The Kier molecular flexibility index (Phi) is 6.34. The lowest BCUT2D eigenvalue weighted by atomic mass is 10.0. The number of hydrogen-bond donors (Lipinski definition) is 0. The van der Waals surface area contributed by atoms with E-state index >= 15 is 0 Å². The first kappa shape index (κ1) is 17.4. The number of nitrogens with zero attached hydrogens (tertiary/aromatic N) is 2. The molecule has 0 saturated heterocycles. The van der Waals surface area contributed by atoms with Crippen LogP contribution in [-0.2, 0) is 0 Å². The molecule has 0 bridgehead atoms. The van der Waals surface area contributed by atoms with Crippen molar-refractivity contribution in [1.82, 2.24) is 4.90 Å². The van der Waals surface area contributed by atoms with E-state index in [0.29, 0.717) is 0 Å². The topological polar surface area (TPSA) is 15.6 Å². The summed E-state index contributed by atoms with van der Waals surface area (Å²) in [6.45, 7) is 17.6. The molecule has 0 aromatic carbocycles. The third-order valence-electron chi connectivity index (χ3n) is 2.72. The Morgan fingerprint density at radius 2 is 1.67 bits per heavy atom. The molecule has 0 aromatic heterocycles. The van der Waals surface area contributed by atoms with Crippen LogP contribution in [-0.4, -0.2) is 38.1 Å². The summed E-state index contributed by atoms with van der Waals surface area (Å²) < 4.78 is 0. The zero-order valence-electron chi connectivity index (χ0n) is 13.9. The van der Waals surface area contributed by atoms with Crippen LogP contribution in [0.25, 0.3) is 0 Å². The summed E-state index contributed by atoms with van der Waals surface area (Å²) in [5, 5.41) is 0. The Balaban J connectivity index is 5.25. The second-order valence-electron chi connectivity index (χ2n) is 6.83. The third kappa shape index (κ3) is 6.38. The quantitative estimate of drug-likeness (QED) is 0.565. The Morgan fingerprint density at radius 3 is 1.94 bits per heavy atom. The molecule has 0 N–H and O–H groups in total. The van der Waals surface area contributed by atoms with Crippen molar-refractivity contribution in [3.05, 3.63) is 11.8 Å². The van der Waals surface area contributed by atoms with Gasteiger partial charge in [-0.1, -0.05) is 6.92 Å². The summed E-state index contributed by atoms with van der Waals surface area (Å²) in [7, 11) is 1.19. The van der Waals surface area contributed by atoms with Crippen LogP contribution in [0.3, 0.4) is 0 Å². The van der Waals surface area contributed by atoms with Crippen molar-refractivity contribution in [1.29, 1.82) is 0 Å². The van der Waals surface area contributed by atoms with Gasteiger partial charge in [-0.25, -0.2) is 0 Å². The first-order chi connectivity index (χ1) is 8.01. The van der Waals surface area contributed by atoms with Gasteiger partial charge in [0.2, 0.25) is 0 Å². The van der Waals surface area contributed by atoms with Crippen molar-refractivity contribution >= 4 is 16.0 Å². The molecular weight excluding hydrogens is 236 g/mol. The van der Waals surface area contributed by atoms with E-state index in [4.69, 9.17) is 4.99 Å². The second-order valence-corrected chi connectivity index (χ2v) is 7.46.